The predicted molar refractivity (Wildman–Crippen MR) is 101 cm³/mol. The SMILES string of the molecule is CCn1c(SC(C)C(=O)Nc2cc(C)on2)nnc1-c1cccc(C)c1. The van der Waals surface area contributed by atoms with Gasteiger partial charge in [-0.25, -0.2) is 0 Å². The average molecular weight is 371 g/mol. The highest BCUT2D eigenvalue weighted by atomic mass is 32.2. The van der Waals surface area contributed by atoms with Gasteiger partial charge in [-0.2, -0.15) is 0 Å². The van der Waals surface area contributed by atoms with Crippen LogP contribution in [0.2, 0.25) is 0 Å². The van der Waals surface area contributed by atoms with E-state index < -0.39 is 0 Å². The monoisotopic (exact) mass is 371 g/mol. The fourth-order valence-corrected chi connectivity index (χ4v) is 3.44. The second-order valence-electron chi connectivity index (χ2n) is 5.99. The molecule has 136 valence electrons. The van der Waals surface area contributed by atoms with E-state index in [0.29, 0.717) is 16.7 Å². The van der Waals surface area contributed by atoms with Crippen LogP contribution in [0.1, 0.15) is 25.2 Å². The van der Waals surface area contributed by atoms with Crippen molar-refractivity contribution in [3.05, 3.63) is 41.7 Å². The number of carbonyl (C=O) groups excluding carboxylic acids is 1. The molecule has 3 rings (SSSR count). The molecular formula is C18H21N5O2S. The number of aryl methyl sites for hydroxylation is 2. The van der Waals surface area contributed by atoms with Crippen molar-refractivity contribution >= 4 is 23.5 Å². The molecule has 0 saturated heterocycles. The van der Waals surface area contributed by atoms with Gasteiger partial charge in [0.15, 0.2) is 16.8 Å². The van der Waals surface area contributed by atoms with E-state index in [-0.39, 0.29) is 11.2 Å². The number of hydrogen-bond acceptors (Lipinski definition) is 6. The summed E-state index contributed by atoms with van der Waals surface area (Å²) >= 11 is 1.37. The highest BCUT2D eigenvalue weighted by Gasteiger charge is 2.21. The third kappa shape index (κ3) is 3.96. The molecule has 0 saturated carbocycles. The van der Waals surface area contributed by atoms with E-state index in [1.54, 1.807) is 13.0 Å². The first kappa shape index (κ1) is 18.2. The maximum atomic E-state index is 12.4. The zero-order chi connectivity index (χ0) is 18.7. The smallest absolute Gasteiger partial charge is 0.238 e. The minimum atomic E-state index is -0.355. The third-order valence-corrected chi connectivity index (χ3v) is 4.92. The molecule has 0 aliphatic carbocycles. The van der Waals surface area contributed by atoms with Crippen molar-refractivity contribution in [2.24, 2.45) is 0 Å². The maximum absolute atomic E-state index is 12.4. The normalized spacial score (nSPS) is 12.2. The van der Waals surface area contributed by atoms with Crippen molar-refractivity contribution in [2.75, 3.05) is 5.32 Å². The molecule has 26 heavy (non-hydrogen) atoms. The van der Waals surface area contributed by atoms with Crippen LogP contribution in [-0.2, 0) is 11.3 Å². The molecule has 1 amide bonds. The first-order chi connectivity index (χ1) is 12.5. The van der Waals surface area contributed by atoms with Crippen LogP contribution in [0.3, 0.4) is 0 Å². The average Bonchev–Trinajstić information content (AvgIpc) is 3.20. The van der Waals surface area contributed by atoms with Crippen LogP contribution in [-0.4, -0.2) is 31.1 Å². The Hall–Kier alpha value is -2.61. The van der Waals surface area contributed by atoms with Gasteiger partial charge in [-0.05, 0) is 33.8 Å². The summed E-state index contributed by atoms with van der Waals surface area (Å²) in [6.45, 7) is 8.40. The van der Waals surface area contributed by atoms with E-state index in [9.17, 15) is 4.79 Å². The molecular weight excluding hydrogens is 350 g/mol. The minimum absolute atomic E-state index is 0.161. The van der Waals surface area contributed by atoms with Crippen LogP contribution < -0.4 is 5.32 Å². The number of carbonyl (C=O) groups is 1. The fourth-order valence-electron chi connectivity index (χ4n) is 2.52. The lowest BCUT2D eigenvalue weighted by Gasteiger charge is -2.11. The number of rotatable bonds is 6. The van der Waals surface area contributed by atoms with Gasteiger partial charge in [-0.1, -0.05) is 40.7 Å². The Morgan fingerprint density at radius 1 is 1.31 bits per heavy atom. The van der Waals surface area contributed by atoms with Gasteiger partial charge in [0.25, 0.3) is 0 Å². The van der Waals surface area contributed by atoms with Gasteiger partial charge in [0.05, 0.1) is 5.25 Å². The highest BCUT2D eigenvalue weighted by molar-refractivity contribution is 8.00. The van der Waals surface area contributed by atoms with E-state index in [0.717, 1.165) is 23.5 Å². The van der Waals surface area contributed by atoms with Gasteiger partial charge < -0.3 is 14.4 Å². The second-order valence-corrected chi connectivity index (χ2v) is 7.30. The van der Waals surface area contributed by atoms with Gasteiger partial charge in [-0.15, -0.1) is 10.2 Å². The summed E-state index contributed by atoms with van der Waals surface area (Å²) in [6.07, 6.45) is 0. The van der Waals surface area contributed by atoms with Crippen molar-refractivity contribution in [2.45, 2.75) is 44.6 Å². The van der Waals surface area contributed by atoms with E-state index in [1.807, 2.05) is 43.5 Å². The molecule has 1 atom stereocenters. The number of amides is 1. The van der Waals surface area contributed by atoms with E-state index in [1.165, 1.54) is 11.8 Å². The Bertz CT molecular complexity index is 918. The van der Waals surface area contributed by atoms with Crippen molar-refractivity contribution < 1.29 is 9.32 Å². The zero-order valence-corrected chi connectivity index (χ0v) is 16.0. The molecule has 0 fully saturated rings. The quantitative estimate of drug-likeness (QED) is 0.665. The maximum Gasteiger partial charge on any atom is 0.238 e. The number of benzene rings is 1. The van der Waals surface area contributed by atoms with E-state index in [2.05, 4.69) is 26.7 Å². The standard InChI is InChI=1S/C18H21N5O2S/c1-5-23-16(14-8-6-7-11(2)9-14)20-21-18(23)26-13(4)17(24)19-15-10-12(3)25-22-15/h6-10,13H,5H2,1-4H3,(H,19,22,24). The Kier molecular flexibility index (Phi) is 5.41. The number of hydrogen-bond donors (Lipinski definition) is 1. The summed E-state index contributed by atoms with van der Waals surface area (Å²) in [5, 5.41) is 15.5. The second kappa shape index (κ2) is 7.74. The molecule has 3 aromatic rings. The Labute approximate surface area is 156 Å². The number of nitrogens with zero attached hydrogens (tertiary/aromatic N) is 4. The lowest BCUT2D eigenvalue weighted by molar-refractivity contribution is -0.115. The van der Waals surface area contributed by atoms with Crippen molar-refractivity contribution in [3.8, 4) is 11.4 Å². The van der Waals surface area contributed by atoms with Gasteiger partial charge >= 0.3 is 0 Å². The van der Waals surface area contributed by atoms with Crippen LogP contribution in [0.5, 0.6) is 0 Å². The topological polar surface area (TPSA) is 85.8 Å². The first-order valence-electron chi connectivity index (χ1n) is 8.39. The van der Waals surface area contributed by atoms with E-state index >= 15 is 0 Å². The molecule has 1 unspecified atom stereocenters. The molecule has 1 aromatic carbocycles. The Balaban J connectivity index is 1.76. The van der Waals surface area contributed by atoms with E-state index in [4.69, 9.17) is 4.52 Å². The molecule has 2 heterocycles. The zero-order valence-electron chi connectivity index (χ0n) is 15.2. The summed E-state index contributed by atoms with van der Waals surface area (Å²) in [6, 6.07) is 9.82. The van der Waals surface area contributed by atoms with Crippen molar-refractivity contribution in [1.82, 2.24) is 19.9 Å². The minimum Gasteiger partial charge on any atom is -0.360 e. The lowest BCUT2D eigenvalue weighted by Crippen LogP contribution is -2.23. The number of anilines is 1. The van der Waals surface area contributed by atoms with Crippen molar-refractivity contribution in [3.63, 3.8) is 0 Å². The summed E-state index contributed by atoms with van der Waals surface area (Å²) in [5.74, 6) is 1.70. The van der Waals surface area contributed by atoms with Crippen LogP contribution in [0.4, 0.5) is 5.82 Å². The summed E-state index contributed by atoms with van der Waals surface area (Å²) in [5.41, 5.74) is 2.18. The van der Waals surface area contributed by atoms with Crippen LogP contribution in [0.25, 0.3) is 11.4 Å². The molecule has 0 radical (unpaired) electrons. The summed E-state index contributed by atoms with van der Waals surface area (Å²) in [7, 11) is 0. The molecule has 1 N–H and O–H groups in total. The van der Waals surface area contributed by atoms with Gasteiger partial charge in [-0.3, -0.25) is 4.79 Å². The molecule has 2 aromatic heterocycles. The molecule has 0 aliphatic rings. The first-order valence-corrected chi connectivity index (χ1v) is 9.27. The third-order valence-electron chi connectivity index (χ3n) is 3.84. The molecule has 0 aliphatic heterocycles. The van der Waals surface area contributed by atoms with Crippen LogP contribution in [0, 0.1) is 13.8 Å². The van der Waals surface area contributed by atoms with Crippen molar-refractivity contribution in [1.29, 1.82) is 0 Å². The summed E-state index contributed by atoms with van der Waals surface area (Å²) in [4.78, 5) is 12.4. The summed E-state index contributed by atoms with van der Waals surface area (Å²) < 4.78 is 6.98. The molecule has 0 bridgehead atoms. The number of aromatic nitrogens is 4. The Morgan fingerprint density at radius 3 is 2.77 bits per heavy atom. The highest BCUT2D eigenvalue weighted by Crippen LogP contribution is 2.27. The predicted octanol–water partition coefficient (Wildman–Crippen LogP) is 3.69. The molecule has 8 heteroatoms. The Morgan fingerprint density at radius 2 is 2.12 bits per heavy atom. The largest absolute Gasteiger partial charge is 0.360 e. The fraction of sp³-hybridized carbons (Fsp3) is 0.333. The lowest BCUT2D eigenvalue weighted by atomic mass is 10.1. The molecule has 7 nitrogen and oxygen atoms in total. The van der Waals surface area contributed by atoms with Gasteiger partial charge in [0, 0.05) is 18.2 Å². The molecule has 0 spiro atoms. The van der Waals surface area contributed by atoms with Crippen LogP contribution >= 0.6 is 11.8 Å². The number of thioether (sulfide) groups is 1. The van der Waals surface area contributed by atoms with Crippen LogP contribution in [0.15, 0.2) is 40.0 Å². The van der Waals surface area contributed by atoms with Gasteiger partial charge in [0.2, 0.25) is 5.91 Å². The van der Waals surface area contributed by atoms with Gasteiger partial charge in [0.1, 0.15) is 5.76 Å². The number of nitrogens with one attached hydrogen (secondary N) is 1.